The van der Waals surface area contributed by atoms with Gasteiger partial charge in [0.25, 0.3) is 0 Å². The van der Waals surface area contributed by atoms with Gasteiger partial charge in [0.15, 0.2) is 0 Å². The van der Waals surface area contributed by atoms with Crippen molar-refractivity contribution in [3.05, 3.63) is 211 Å². The molecule has 12 rings (SSSR count). The second-order valence-electron chi connectivity index (χ2n) is 15.6. The third-order valence-electron chi connectivity index (χ3n) is 12.2. The van der Waals surface area contributed by atoms with Crippen molar-refractivity contribution in [2.75, 3.05) is 4.90 Å². The first-order valence-electron chi connectivity index (χ1n) is 20.5. The molecule has 2 aliphatic heterocycles. The molecule has 0 amide bonds. The molecule has 2 atom stereocenters. The van der Waals surface area contributed by atoms with Gasteiger partial charge in [0.1, 0.15) is 18.2 Å². The fraction of sp³-hybridized carbons (Fsp3) is 0.0755. The fourth-order valence-corrected chi connectivity index (χ4v) is 9.55. The molecule has 1 aliphatic carbocycles. The summed E-state index contributed by atoms with van der Waals surface area (Å²) in [6, 6.07) is 65.5. The highest BCUT2D eigenvalue weighted by Crippen LogP contribution is 2.50. The first kappa shape index (κ1) is 33.7. The summed E-state index contributed by atoms with van der Waals surface area (Å²) in [6.07, 6.45) is 6.32. The Morgan fingerprint density at radius 3 is 2.02 bits per heavy atom. The van der Waals surface area contributed by atoms with Crippen molar-refractivity contribution < 1.29 is 0 Å². The molecule has 282 valence electrons. The predicted molar refractivity (Wildman–Crippen MR) is 244 cm³/mol. The Hall–Kier alpha value is -7.41. The molecular weight excluding hydrogens is 721 g/mol. The molecule has 3 aliphatic rings. The molecule has 6 heteroatoms. The lowest BCUT2D eigenvalue weighted by molar-refractivity contribution is 0.408. The minimum absolute atomic E-state index is 0.0858. The summed E-state index contributed by atoms with van der Waals surface area (Å²) in [7, 11) is 0. The van der Waals surface area contributed by atoms with Crippen LogP contribution in [0.15, 0.2) is 205 Å². The Balaban J connectivity index is 1.06. The third-order valence-corrected chi connectivity index (χ3v) is 12.2. The van der Waals surface area contributed by atoms with Crippen LogP contribution in [0.1, 0.15) is 36.3 Å². The highest BCUT2D eigenvalue weighted by atomic mass is 15.3. The molecular formula is C53H40N6. The number of allylic oxidation sites excluding steroid dienone is 3. The van der Waals surface area contributed by atoms with E-state index in [1.165, 1.54) is 55.1 Å². The summed E-state index contributed by atoms with van der Waals surface area (Å²) >= 11 is 0. The number of para-hydroxylation sites is 5. The minimum atomic E-state index is -0.180. The Kier molecular flexibility index (Phi) is 7.78. The number of benzene rings is 7. The van der Waals surface area contributed by atoms with Crippen molar-refractivity contribution >= 4 is 61.3 Å². The van der Waals surface area contributed by atoms with E-state index in [-0.39, 0.29) is 12.3 Å². The number of fused-ring (bicyclic) bond motifs is 11. The summed E-state index contributed by atoms with van der Waals surface area (Å²) in [6.45, 7) is 0. The Labute approximate surface area is 342 Å². The average molecular weight is 761 g/mol. The van der Waals surface area contributed by atoms with E-state index in [2.05, 4.69) is 219 Å². The number of aliphatic imine (C=N–C) groups is 1. The van der Waals surface area contributed by atoms with Gasteiger partial charge in [0.05, 0.1) is 39.3 Å². The monoisotopic (exact) mass is 760 g/mol. The zero-order valence-electron chi connectivity index (χ0n) is 32.3. The maximum absolute atomic E-state index is 5.35. The molecule has 7 aromatic carbocycles. The lowest BCUT2D eigenvalue weighted by Crippen LogP contribution is -2.45. The Morgan fingerprint density at radius 2 is 1.20 bits per heavy atom. The van der Waals surface area contributed by atoms with Gasteiger partial charge >= 0.3 is 0 Å². The molecule has 2 unspecified atom stereocenters. The number of aromatic nitrogens is 2. The van der Waals surface area contributed by atoms with Crippen molar-refractivity contribution in [2.45, 2.75) is 25.2 Å². The normalized spacial score (nSPS) is 17.4. The first-order valence-corrected chi connectivity index (χ1v) is 20.5. The van der Waals surface area contributed by atoms with Crippen LogP contribution >= 0.6 is 0 Å². The third kappa shape index (κ3) is 5.41. The highest BCUT2D eigenvalue weighted by molar-refractivity contribution is 6.20. The van der Waals surface area contributed by atoms with Crippen LogP contribution in [0.2, 0.25) is 0 Å². The predicted octanol–water partition coefficient (Wildman–Crippen LogP) is 12.7. The number of hydrogen-bond donors (Lipinski definition) is 2. The molecule has 0 fully saturated rings. The Morgan fingerprint density at radius 1 is 0.542 bits per heavy atom. The van der Waals surface area contributed by atoms with Gasteiger partial charge in [-0.2, -0.15) is 0 Å². The van der Waals surface area contributed by atoms with Crippen LogP contribution in [-0.4, -0.2) is 15.0 Å². The van der Waals surface area contributed by atoms with E-state index in [9.17, 15) is 0 Å². The zero-order chi connectivity index (χ0) is 38.9. The highest BCUT2D eigenvalue weighted by Gasteiger charge is 2.30. The molecule has 9 aromatic rings. The van der Waals surface area contributed by atoms with E-state index >= 15 is 0 Å². The maximum atomic E-state index is 5.35. The van der Waals surface area contributed by atoms with E-state index in [1.807, 2.05) is 0 Å². The molecule has 0 spiro atoms. The zero-order valence-corrected chi connectivity index (χ0v) is 32.3. The van der Waals surface area contributed by atoms with Gasteiger partial charge in [-0.1, -0.05) is 140 Å². The lowest BCUT2D eigenvalue weighted by atomic mass is 9.99. The smallest absolute Gasteiger partial charge is 0.129 e. The number of amidine groups is 1. The van der Waals surface area contributed by atoms with E-state index in [0.29, 0.717) is 0 Å². The van der Waals surface area contributed by atoms with Gasteiger partial charge in [0, 0.05) is 33.1 Å². The summed E-state index contributed by atoms with van der Waals surface area (Å²) in [5.41, 5.74) is 15.2. The van der Waals surface area contributed by atoms with E-state index in [0.717, 1.165) is 52.7 Å². The van der Waals surface area contributed by atoms with E-state index in [4.69, 9.17) is 4.99 Å². The number of nitrogens with one attached hydrogen (secondary N) is 2. The van der Waals surface area contributed by atoms with E-state index in [1.54, 1.807) is 0 Å². The van der Waals surface area contributed by atoms with Crippen LogP contribution in [-0.2, 0) is 0 Å². The van der Waals surface area contributed by atoms with Gasteiger partial charge in [-0.15, -0.1) is 0 Å². The van der Waals surface area contributed by atoms with Crippen LogP contribution < -0.4 is 15.5 Å². The SMILES string of the molecule is C1=C(C2=NC(c3ccccc3)NC(c3ccccc3)N2)CCC=C1n1c2ccccc2c2ccc3c(cc4n3-c3ccccc3N(c3ccccc3)c3ccccc3-4)c21. The summed E-state index contributed by atoms with van der Waals surface area (Å²) in [4.78, 5) is 7.75. The van der Waals surface area contributed by atoms with Gasteiger partial charge in [0.2, 0.25) is 0 Å². The van der Waals surface area contributed by atoms with Crippen molar-refractivity contribution in [3.63, 3.8) is 0 Å². The topological polar surface area (TPSA) is 49.5 Å². The van der Waals surface area contributed by atoms with Crippen LogP contribution in [0.4, 0.5) is 17.1 Å². The molecule has 6 nitrogen and oxygen atoms in total. The molecule has 0 radical (unpaired) electrons. The molecule has 2 N–H and O–H groups in total. The standard InChI is InChI=1S/C53H40N6/c1-4-17-35(18-5-1)51-54-52(36-19-6-2-7-20-36)56-53(55-51)37-21-16-24-39(33-37)58-44-27-12-10-25-40(44)41-31-32-46-43(50(41)58)34-49-42-26-11-13-28-45(42)57(38-22-8-3-9-23-38)47-29-14-15-30-48(47)59(46)49/h1-15,17-20,22-34,51-52,54H,16,21H2,(H,55,56). The quantitative estimate of drug-likeness (QED) is 0.184. The van der Waals surface area contributed by atoms with E-state index < -0.39 is 0 Å². The van der Waals surface area contributed by atoms with Crippen LogP contribution in [0, 0.1) is 0 Å². The lowest BCUT2D eigenvalue weighted by Gasteiger charge is -2.33. The average Bonchev–Trinajstić information content (AvgIpc) is 3.83. The summed E-state index contributed by atoms with van der Waals surface area (Å²) in [5.74, 6) is 0.940. The number of rotatable bonds is 5. The molecule has 2 aromatic heterocycles. The first-order chi connectivity index (χ1) is 29.3. The number of anilines is 3. The molecule has 0 bridgehead atoms. The van der Waals surface area contributed by atoms with Crippen LogP contribution in [0.5, 0.6) is 0 Å². The van der Waals surface area contributed by atoms with Crippen LogP contribution in [0.3, 0.4) is 0 Å². The maximum Gasteiger partial charge on any atom is 0.129 e. The Bertz CT molecular complexity index is 3170. The van der Waals surface area contributed by atoms with Crippen molar-refractivity contribution in [3.8, 4) is 16.9 Å². The largest absolute Gasteiger partial charge is 0.351 e. The van der Waals surface area contributed by atoms with Crippen molar-refractivity contribution in [1.29, 1.82) is 0 Å². The number of hydrogen-bond acceptors (Lipinski definition) is 4. The van der Waals surface area contributed by atoms with Crippen molar-refractivity contribution in [2.24, 2.45) is 4.99 Å². The summed E-state index contributed by atoms with van der Waals surface area (Å²) < 4.78 is 4.98. The minimum Gasteiger partial charge on any atom is -0.351 e. The summed E-state index contributed by atoms with van der Waals surface area (Å²) in [5, 5.41) is 11.3. The molecule has 4 heterocycles. The second kappa shape index (κ2) is 13.6. The van der Waals surface area contributed by atoms with Gasteiger partial charge in [-0.3, -0.25) is 5.32 Å². The van der Waals surface area contributed by atoms with Crippen LogP contribution in [0.25, 0.3) is 55.4 Å². The molecule has 0 saturated carbocycles. The fourth-order valence-electron chi connectivity index (χ4n) is 9.55. The van der Waals surface area contributed by atoms with Gasteiger partial charge < -0.3 is 19.4 Å². The number of nitrogens with zero attached hydrogens (tertiary/aromatic N) is 4. The molecule has 59 heavy (non-hydrogen) atoms. The van der Waals surface area contributed by atoms with Gasteiger partial charge in [-0.25, -0.2) is 4.99 Å². The van der Waals surface area contributed by atoms with Crippen molar-refractivity contribution in [1.82, 2.24) is 19.8 Å². The second-order valence-corrected chi connectivity index (χ2v) is 15.6. The molecule has 0 saturated heterocycles. The van der Waals surface area contributed by atoms with Gasteiger partial charge in [-0.05, 0) is 84.1 Å².